The Bertz CT molecular complexity index is 633. The minimum atomic E-state index is -0.650. The molecule has 0 aromatic carbocycles. The maximum absolute atomic E-state index is 11.1. The van der Waals surface area contributed by atoms with Crippen LogP contribution in [0.25, 0.3) is 0 Å². The molecule has 0 aromatic heterocycles. The molecule has 0 heterocycles. The Morgan fingerprint density at radius 2 is 0.438 bits per heavy atom. The van der Waals surface area contributed by atoms with Gasteiger partial charge in [0, 0.05) is 12.8 Å². The Morgan fingerprint density at radius 3 is 0.583 bits per heavy atom. The summed E-state index contributed by atoms with van der Waals surface area (Å²) in [6, 6.07) is 0. The van der Waals surface area contributed by atoms with Gasteiger partial charge in [0.1, 0.15) is 0 Å². The first-order valence-corrected chi connectivity index (χ1v) is 22.0. The van der Waals surface area contributed by atoms with Crippen LogP contribution >= 0.6 is 0 Å². The van der Waals surface area contributed by atoms with Crippen LogP contribution in [0.1, 0.15) is 263 Å². The van der Waals surface area contributed by atoms with Gasteiger partial charge >= 0.3 is 11.9 Å². The zero-order chi connectivity index (χ0) is 34.9. The van der Waals surface area contributed by atoms with Gasteiger partial charge in [-0.05, 0) is 12.8 Å². The van der Waals surface area contributed by atoms with Crippen LogP contribution in [-0.2, 0) is 14.3 Å². The van der Waals surface area contributed by atoms with Crippen LogP contribution in [0.2, 0.25) is 0 Å². The molecular weight excluding hydrogens is 592 g/mol. The molecule has 0 aliphatic rings. The van der Waals surface area contributed by atoms with E-state index in [0.717, 1.165) is 19.3 Å². The summed E-state index contributed by atoms with van der Waals surface area (Å²) in [5.41, 5.74) is 0. The minimum Gasteiger partial charge on any atom is -0.481 e. The monoisotopic (exact) mass is 679 g/mol. The van der Waals surface area contributed by atoms with E-state index < -0.39 is 5.97 Å². The molecule has 0 aliphatic heterocycles. The Kier molecular flexibility index (Phi) is 41.2. The molecule has 0 bridgehead atoms. The second-order valence-electron chi connectivity index (χ2n) is 15.3. The van der Waals surface area contributed by atoms with Gasteiger partial charge in [0.25, 0.3) is 0 Å². The zero-order valence-electron chi connectivity index (χ0n) is 32.7. The van der Waals surface area contributed by atoms with E-state index in [0.29, 0.717) is 12.8 Å². The third-order valence-electron chi connectivity index (χ3n) is 10.5. The molecule has 0 radical (unpaired) electrons. The number of carbonyl (C=O) groups excluding carboxylic acids is 1. The summed E-state index contributed by atoms with van der Waals surface area (Å²) < 4.78 is 4.69. The lowest BCUT2D eigenvalue weighted by Crippen LogP contribution is -1.99. The third kappa shape index (κ3) is 43.0. The topological polar surface area (TPSA) is 63.6 Å². The summed E-state index contributed by atoms with van der Waals surface area (Å²) in [6.07, 6.45) is 54.7. The molecule has 1 N–H and O–H groups in total. The zero-order valence-corrected chi connectivity index (χ0v) is 32.7. The molecule has 286 valence electrons. The van der Waals surface area contributed by atoms with E-state index in [1.807, 2.05) is 0 Å². The number of esters is 1. The smallest absolute Gasteiger partial charge is 0.305 e. The van der Waals surface area contributed by atoms with Gasteiger partial charge < -0.3 is 9.84 Å². The number of unbranched alkanes of at least 4 members (excludes halogenated alkanes) is 38. The number of rotatable bonds is 42. The van der Waals surface area contributed by atoms with E-state index >= 15 is 0 Å². The van der Waals surface area contributed by atoms with Crippen LogP contribution in [0.15, 0.2) is 0 Å². The molecule has 4 heteroatoms. The van der Waals surface area contributed by atoms with Gasteiger partial charge in [-0.3, -0.25) is 9.59 Å². The molecule has 0 saturated heterocycles. The first-order chi connectivity index (χ1) is 23.7. The fourth-order valence-electron chi connectivity index (χ4n) is 7.19. The number of carboxylic acid groups (broad SMARTS) is 1. The molecule has 0 unspecified atom stereocenters. The summed E-state index contributed by atoms with van der Waals surface area (Å²) in [5.74, 6) is -0.714. The van der Waals surface area contributed by atoms with Crippen molar-refractivity contribution in [2.24, 2.45) is 0 Å². The highest BCUT2D eigenvalue weighted by atomic mass is 16.5. The molecule has 0 fully saturated rings. The largest absolute Gasteiger partial charge is 0.481 e. The van der Waals surface area contributed by atoms with Crippen molar-refractivity contribution in [3.05, 3.63) is 0 Å². The van der Waals surface area contributed by atoms with Gasteiger partial charge in [0.2, 0.25) is 0 Å². The van der Waals surface area contributed by atoms with E-state index in [2.05, 4.69) is 4.74 Å². The maximum atomic E-state index is 11.1. The average molecular weight is 679 g/mol. The lowest BCUT2D eigenvalue weighted by atomic mass is 10.0. The van der Waals surface area contributed by atoms with Gasteiger partial charge in [0.05, 0.1) is 7.11 Å². The van der Waals surface area contributed by atoms with Crippen LogP contribution in [0, 0.1) is 0 Å². The molecule has 0 spiro atoms. The highest BCUT2D eigenvalue weighted by molar-refractivity contribution is 5.69. The highest BCUT2D eigenvalue weighted by Gasteiger charge is 2.00. The molecule has 0 aliphatic carbocycles. The molecule has 48 heavy (non-hydrogen) atoms. The van der Waals surface area contributed by atoms with Crippen LogP contribution in [0.4, 0.5) is 0 Å². The number of carbonyl (C=O) groups is 2. The van der Waals surface area contributed by atoms with Crippen molar-refractivity contribution in [1.82, 2.24) is 0 Å². The fourth-order valence-corrected chi connectivity index (χ4v) is 7.19. The summed E-state index contributed by atoms with van der Waals surface area (Å²) in [7, 11) is 1.48. The number of ether oxygens (including phenoxy) is 1. The summed E-state index contributed by atoms with van der Waals surface area (Å²) in [4.78, 5) is 21.6. The lowest BCUT2D eigenvalue weighted by molar-refractivity contribution is -0.141. The fraction of sp³-hybridized carbons (Fsp3) is 0.955. The van der Waals surface area contributed by atoms with Crippen molar-refractivity contribution < 1.29 is 19.4 Å². The molecule has 0 amide bonds. The Balaban J connectivity index is 3.06. The van der Waals surface area contributed by atoms with Crippen LogP contribution in [-0.4, -0.2) is 24.2 Å². The second-order valence-corrected chi connectivity index (χ2v) is 15.3. The van der Waals surface area contributed by atoms with Gasteiger partial charge in [-0.25, -0.2) is 0 Å². The maximum Gasteiger partial charge on any atom is 0.305 e. The predicted octanol–water partition coefficient (Wildman–Crippen LogP) is 15.2. The van der Waals surface area contributed by atoms with Crippen LogP contribution in [0.3, 0.4) is 0 Å². The highest BCUT2D eigenvalue weighted by Crippen LogP contribution is 2.18. The van der Waals surface area contributed by atoms with Crippen LogP contribution in [0.5, 0.6) is 0 Å². The van der Waals surface area contributed by atoms with Crippen LogP contribution < -0.4 is 0 Å². The predicted molar refractivity (Wildman–Crippen MR) is 209 cm³/mol. The quantitative estimate of drug-likeness (QED) is 0.0515. The molecule has 0 rings (SSSR count). The number of methoxy groups -OCH3 is 1. The number of hydrogen-bond donors (Lipinski definition) is 1. The summed E-state index contributed by atoms with van der Waals surface area (Å²) in [5, 5.41) is 8.65. The van der Waals surface area contributed by atoms with Crippen molar-refractivity contribution >= 4 is 11.9 Å². The molecular formula is C44H86O4. The number of aliphatic carboxylic acids is 1. The first kappa shape index (κ1) is 46.9. The summed E-state index contributed by atoms with van der Waals surface area (Å²) in [6.45, 7) is 0. The van der Waals surface area contributed by atoms with E-state index in [4.69, 9.17) is 5.11 Å². The normalized spacial score (nSPS) is 11.4. The Morgan fingerprint density at radius 1 is 0.292 bits per heavy atom. The van der Waals surface area contributed by atoms with Crippen molar-refractivity contribution in [2.45, 2.75) is 263 Å². The van der Waals surface area contributed by atoms with E-state index in [9.17, 15) is 9.59 Å². The minimum absolute atomic E-state index is 0.0635. The van der Waals surface area contributed by atoms with E-state index in [1.165, 1.54) is 238 Å². The molecule has 0 aromatic rings. The SMILES string of the molecule is COC(=O)CCCCCCCCCCCCCCCCCCCCCCCCCCCCCCCCCCCCCCCCCC(=O)O. The second kappa shape index (κ2) is 42.1. The average Bonchev–Trinajstić information content (AvgIpc) is 3.08. The van der Waals surface area contributed by atoms with Gasteiger partial charge in [0.15, 0.2) is 0 Å². The number of hydrogen-bond acceptors (Lipinski definition) is 3. The first-order valence-electron chi connectivity index (χ1n) is 22.0. The Hall–Kier alpha value is -1.06. The van der Waals surface area contributed by atoms with Crippen molar-refractivity contribution in [3.8, 4) is 0 Å². The third-order valence-corrected chi connectivity index (χ3v) is 10.5. The van der Waals surface area contributed by atoms with Gasteiger partial charge in [-0.2, -0.15) is 0 Å². The molecule has 0 saturated carbocycles. The summed E-state index contributed by atoms with van der Waals surface area (Å²) >= 11 is 0. The van der Waals surface area contributed by atoms with E-state index in [1.54, 1.807) is 0 Å². The Labute approximate surface area is 301 Å². The van der Waals surface area contributed by atoms with Gasteiger partial charge in [-0.15, -0.1) is 0 Å². The van der Waals surface area contributed by atoms with Gasteiger partial charge in [-0.1, -0.05) is 238 Å². The lowest BCUT2D eigenvalue weighted by Gasteiger charge is -2.05. The van der Waals surface area contributed by atoms with Crippen molar-refractivity contribution in [3.63, 3.8) is 0 Å². The molecule has 0 atom stereocenters. The van der Waals surface area contributed by atoms with Crippen molar-refractivity contribution in [2.75, 3.05) is 7.11 Å². The number of carboxylic acids is 1. The molecule has 4 nitrogen and oxygen atoms in total. The van der Waals surface area contributed by atoms with E-state index in [-0.39, 0.29) is 5.97 Å². The standard InChI is InChI=1S/C44H86O4/c1-48-44(47)42-40-38-36-34-32-30-28-26-24-22-20-18-16-14-12-10-8-6-4-2-3-5-7-9-11-13-15-17-19-21-23-25-27-29-31-33-35-37-39-41-43(45)46/h2-42H2,1H3,(H,45,46). The van der Waals surface area contributed by atoms with Crippen molar-refractivity contribution in [1.29, 1.82) is 0 Å².